The fourth-order valence-corrected chi connectivity index (χ4v) is 6.44. The van der Waals surface area contributed by atoms with Crippen molar-refractivity contribution < 1.29 is 19.6 Å². The van der Waals surface area contributed by atoms with Crippen molar-refractivity contribution in [3.63, 3.8) is 0 Å². The fraction of sp³-hybridized carbons (Fsp3) is 0.636. The lowest BCUT2D eigenvalue weighted by atomic mass is 9.50. The van der Waals surface area contributed by atoms with Crippen molar-refractivity contribution in [2.75, 3.05) is 7.11 Å². The summed E-state index contributed by atoms with van der Waals surface area (Å²) in [6.07, 6.45) is 7.46. The van der Waals surface area contributed by atoms with Gasteiger partial charge >= 0.3 is 0 Å². The molecule has 0 radical (unpaired) electrons. The number of methoxy groups -OCH3 is 1. The molecular formula is C22H28O4. The predicted octanol–water partition coefficient (Wildman–Crippen LogP) is 4.77. The largest absolute Gasteiger partial charge is 0.507 e. The van der Waals surface area contributed by atoms with Crippen molar-refractivity contribution in [3.05, 3.63) is 35.9 Å². The molecule has 1 saturated heterocycles. The molecule has 1 N–H and O–H groups in total. The summed E-state index contributed by atoms with van der Waals surface area (Å²) in [7, 11) is 1.70. The first-order valence-corrected chi connectivity index (χ1v) is 9.90. The number of phenols is 1. The van der Waals surface area contributed by atoms with E-state index in [-0.39, 0.29) is 5.75 Å². The van der Waals surface area contributed by atoms with Crippen LogP contribution in [0.25, 0.3) is 5.57 Å². The van der Waals surface area contributed by atoms with Crippen molar-refractivity contribution in [3.8, 4) is 5.75 Å². The summed E-state index contributed by atoms with van der Waals surface area (Å²) in [5.41, 5.74) is 2.01. The molecule has 1 aromatic rings. The molecule has 1 aliphatic heterocycles. The first kappa shape index (κ1) is 16.8. The lowest BCUT2D eigenvalue weighted by Crippen LogP contribution is -2.72. The van der Waals surface area contributed by atoms with E-state index in [4.69, 9.17) is 14.5 Å². The molecule has 3 bridgehead atoms. The Labute approximate surface area is 155 Å². The van der Waals surface area contributed by atoms with E-state index in [1.54, 1.807) is 13.2 Å². The van der Waals surface area contributed by atoms with E-state index >= 15 is 0 Å². The Balaban J connectivity index is 1.57. The van der Waals surface area contributed by atoms with Crippen LogP contribution >= 0.6 is 0 Å². The molecule has 4 aliphatic rings. The molecule has 6 unspecified atom stereocenters. The number of benzene rings is 1. The minimum atomic E-state index is -0.925. The van der Waals surface area contributed by atoms with Gasteiger partial charge in [0.05, 0.1) is 0 Å². The summed E-state index contributed by atoms with van der Waals surface area (Å²) in [6, 6.07) is 5.66. The molecule has 3 aliphatic carbocycles. The van der Waals surface area contributed by atoms with Crippen molar-refractivity contribution >= 4 is 5.57 Å². The lowest BCUT2D eigenvalue weighted by Gasteiger charge is -2.65. The molecule has 5 rings (SSSR count). The molecular weight excluding hydrogens is 328 g/mol. The highest BCUT2D eigenvalue weighted by molar-refractivity contribution is 5.67. The van der Waals surface area contributed by atoms with Crippen LogP contribution in [-0.2, 0) is 20.3 Å². The van der Waals surface area contributed by atoms with E-state index in [0.717, 1.165) is 35.0 Å². The Morgan fingerprint density at radius 3 is 2.69 bits per heavy atom. The maximum Gasteiger partial charge on any atom is 0.260 e. The zero-order valence-corrected chi connectivity index (χ0v) is 15.7. The van der Waals surface area contributed by atoms with Gasteiger partial charge in [0, 0.05) is 18.2 Å². The second kappa shape index (κ2) is 5.57. The van der Waals surface area contributed by atoms with Gasteiger partial charge in [0.1, 0.15) is 5.75 Å². The zero-order chi connectivity index (χ0) is 18.1. The molecule has 4 fully saturated rings. The SMILES string of the molecule is C=C(C)c1ccc(C2(OC)OOC23CC2CCC4CC2CC3C4)cc1O. The van der Waals surface area contributed by atoms with Crippen LogP contribution in [0.15, 0.2) is 24.8 Å². The summed E-state index contributed by atoms with van der Waals surface area (Å²) in [5.74, 6) is 2.12. The molecule has 1 heterocycles. The number of aromatic hydroxyl groups is 1. The number of fused-ring (bicyclic) bond motifs is 3. The van der Waals surface area contributed by atoms with Crippen LogP contribution in [-0.4, -0.2) is 17.8 Å². The Morgan fingerprint density at radius 2 is 2.04 bits per heavy atom. The summed E-state index contributed by atoms with van der Waals surface area (Å²) in [5, 5.41) is 10.5. The first-order valence-electron chi connectivity index (χ1n) is 9.90. The minimum absolute atomic E-state index is 0.218. The number of ether oxygens (including phenoxy) is 1. The topological polar surface area (TPSA) is 47.9 Å². The lowest BCUT2D eigenvalue weighted by molar-refractivity contribution is -0.635. The number of phenolic OH excluding ortho intramolecular Hbond substituents is 1. The zero-order valence-electron chi connectivity index (χ0n) is 15.7. The third kappa shape index (κ3) is 2.01. The second-order valence-electron chi connectivity index (χ2n) is 8.96. The van der Waals surface area contributed by atoms with Gasteiger partial charge in [0.15, 0.2) is 5.60 Å². The number of allylic oxidation sites excluding steroid dienone is 1. The van der Waals surface area contributed by atoms with Crippen molar-refractivity contribution in [2.24, 2.45) is 23.7 Å². The Bertz CT molecular complexity index is 753. The predicted molar refractivity (Wildman–Crippen MR) is 98.1 cm³/mol. The Kier molecular flexibility index (Phi) is 3.60. The van der Waals surface area contributed by atoms with Crippen LogP contribution in [0.5, 0.6) is 5.75 Å². The summed E-state index contributed by atoms with van der Waals surface area (Å²) >= 11 is 0. The van der Waals surface area contributed by atoms with Gasteiger partial charge in [-0.3, -0.25) is 0 Å². The summed E-state index contributed by atoms with van der Waals surface area (Å²) < 4.78 is 6.03. The Hall–Kier alpha value is -1.36. The average molecular weight is 356 g/mol. The van der Waals surface area contributed by atoms with Gasteiger partial charge in [-0.2, -0.15) is 4.89 Å². The summed E-state index contributed by atoms with van der Waals surface area (Å²) in [6.45, 7) is 5.83. The van der Waals surface area contributed by atoms with Gasteiger partial charge < -0.3 is 9.84 Å². The number of hydrogen-bond acceptors (Lipinski definition) is 4. The molecule has 6 atom stereocenters. The maximum atomic E-state index is 10.5. The fourth-order valence-electron chi connectivity index (χ4n) is 6.44. The minimum Gasteiger partial charge on any atom is -0.507 e. The van der Waals surface area contributed by atoms with Gasteiger partial charge in [-0.1, -0.05) is 25.1 Å². The molecule has 0 amide bonds. The van der Waals surface area contributed by atoms with Gasteiger partial charge in [-0.05, 0) is 74.3 Å². The first-order chi connectivity index (χ1) is 12.5. The van der Waals surface area contributed by atoms with Gasteiger partial charge in [0.2, 0.25) is 0 Å². The van der Waals surface area contributed by atoms with Gasteiger partial charge in [0.25, 0.3) is 5.79 Å². The molecule has 4 nitrogen and oxygen atoms in total. The van der Waals surface area contributed by atoms with Crippen LogP contribution in [0.2, 0.25) is 0 Å². The molecule has 3 saturated carbocycles. The third-order valence-electron chi connectivity index (χ3n) is 7.67. The standard InChI is InChI=1S/C22H28O4/c1-13(2)19-7-6-17(11-20(19)23)22(24-3)21(25-26-22)12-15-5-4-14-8-16(15)10-18(21)9-14/h6-7,11,14-16,18,23H,1,4-5,8-10,12H2,2-3H3. The van der Waals surface area contributed by atoms with E-state index in [1.165, 1.54) is 32.1 Å². The van der Waals surface area contributed by atoms with Crippen LogP contribution in [0.1, 0.15) is 56.6 Å². The number of hydrogen-bond donors (Lipinski definition) is 1. The van der Waals surface area contributed by atoms with Gasteiger partial charge in [-0.25, -0.2) is 4.89 Å². The maximum absolute atomic E-state index is 10.5. The monoisotopic (exact) mass is 356 g/mol. The Morgan fingerprint density at radius 1 is 1.19 bits per heavy atom. The van der Waals surface area contributed by atoms with Crippen LogP contribution in [0.3, 0.4) is 0 Å². The molecule has 0 aromatic heterocycles. The molecule has 1 aromatic carbocycles. The van der Waals surface area contributed by atoms with Crippen molar-refractivity contribution in [1.82, 2.24) is 0 Å². The van der Waals surface area contributed by atoms with Gasteiger partial charge in [-0.15, -0.1) is 0 Å². The van der Waals surface area contributed by atoms with E-state index in [0.29, 0.717) is 11.8 Å². The van der Waals surface area contributed by atoms with Crippen molar-refractivity contribution in [2.45, 2.75) is 56.8 Å². The van der Waals surface area contributed by atoms with Crippen molar-refractivity contribution in [1.29, 1.82) is 0 Å². The third-order valence-corrected chi connectivity index (χ3v) is 7.67. The average Bonchev–Trinajstić information content (AvgIpc) is 2.60. The van der Waals surface area contributed by atoms with E-state index in [9.17, 15) is 5.11 Å². The quantitative estimate of drug-likeness (QED) is 0.793. The van der Waals surface area contributed by atoms with E-state index in [2.05, 4.69) is 6.58 Å². The highest BCUT2D eigenvalue weighted by atomic mass is 17.3. The van der Waals surface area contributed by atoms with E-state index in [1.807, 2.05) is 19.1 Å². The normalized spacial score (nSPS) is 43.3. The highest BCUT2D eigenvalue weighted by Crippen LogP contribution is 2.66. The van der Waals surface area contributed by atoms with Crippen LogP contribution < -0.4 is 0 Å². The molecule has 1 spiro atoms. The summed E-state index contributed by atoms with van der Waals surface area (Å²) in [4.78, 5) is 11.7. The molecule has 140 valence electrons. The molecule has 4 heteroatoms. The number of rotatable bonds is 3. The highest BCUT2D eigenvalue weighted by Gasteiger charge is 2.73. The molecule has 26 heavy (non-hydrogen) atoms. The smallest absolute Gasteiger partial charge is 0.260 e. The second-order valence-corrected chi connectivity index (χ2v) is 8.96. The van der Waals surface area contributed by atoms with Crippen LogP contribution in [0.4, 0.5) is 0 Å². The van der Waals surface area contributed by atoms with E-state index < -0.39 is 11.4 Å². The van der Waals surface area contributed by atoms with Crippen LogP contribution in [0, 0.1) is 23.7 Å².